The smallest absolute Gasteiger partial charge is 0.323 e. The van der Waals surface area contributed by atoms with Crippen LogP contribution in [0.25, 0.3) is 10.9 Å². The van der Waals surface area contributed by atoms with Crippen molar-refractivity contribution >= 4 is 46.0 Å². The topological polar surface area (TPSA) is 71.8 Å². The lowest BCUT2D eigenvalue weighted by molar-refractivity contribution is -0.137. The number of carbonyl (C=O) groups excluding carboxylic acids is 1. The number of aromatic nitrogens is 1. The van der Waals surface area contributed by atoms with Crippen LogP contribution in [0.5, 0.6) is 5.75 Å². The molecule has 1 N–H and O–H groups in total. The molecule has 6 nitrogen and oxygen atoms in total. The Morgan fingerprint density at radius 3 is 2.53 bits per heavy atom. The lowest BCUT2D eigenvalue weighted by atomic mass is 10.1. The quantitative estimate of drug-likeness (QED) is 0.215. The predicted molar refractivity (Wildman–Crippen MR) is 147 cm³/mol. The van der Waals surface area contributed by atoms with E-state index < -0.39 is 24.2 Å². The Hall–Kier alpha value is -3.55. The average molecular weight is 557 g/mol. The Kier molecular flexibility index (Phi) is 8.59. The molecule has 0 fully saturated rings. The van der Waals surface area contributed by atoms with Crippen LogP contribution in [0.15, 0.2) is 60.7 Å². The van der Waals surface area contributed by atoms with Crippen LogP contribution in [0.1, 0.15) is 33.6 Å². The van der Waals surface area contributed by atoms with Gasteiger partial charge in [0, 0.05) is 23.5 Å². The molecule has 9 heteroatoms. The maximum Gasteiger partial charge on any atom is 0.323 e. The van der Waals surface area contributed by atoms with Gasteiger partial charge in [0.1, 0.15) is 23.8 Å². The highest BCUT2D eigenvalue weighted by Crippen LogP contribution is 2.29. The summed E-state index contributed by atoms with van der Waals surface area (Å²) in [6, 6.07) is 17.0. The molecule has 0 atom stereocenters. The zero-order chi connectivity index (χ0) is 27.4. The van der Waals surface area contributed by atoms with Crippen molar-refractivity contribution in [1.29, 1.82) is 0 Å². The molecule has 3 aromatic carbocycles. The van der Waals surface area contributed by atoms with Gasteiger partial charge in [0.15, 0.2) is 0 Å². The van der Waals surface area contributed by atoms with Gasteiger partial charge in [-0.25, -0.2) is 4.39 Å². The standard InChI is InChI=1S/C29H27Cl2FN2O4/c1-18-6-3-9-27(19(18)2)38-13-5-12-34-25-8-4-7-22(30)21(25)15-26(34)29(37)33(17-28(35)36)16-20-10-11-24(32)23(31)14-20/h3-4,6-11,14-15H,5,12-13,16-17H2,1-2H3,(H,35,36). The van der Waals surface area contributed by atoms with E-state index in [0.717, 1.165) is 22.4 Å². The number of benzene rings is 3. The van der Waals surface area contributed by atoms with Crippen molar-refractivity contribution in [2.24, 2.45) is 0 Å². The largest absolute Gasteiger partial charge is 0.493 e. The van der Waals surface area contributed by atoms with Crippen molar-refractivity contribution in [3.05, 3.63) is 98.9 Å². The van der Waals surface area contributed by atoms with Gasteiger partial charge in [0.2, 0.25) is 0 Å². The highest BCUT2D eigenvalue weighted by atomic mass is 35.5. The van der Waals surface area contributed by atoms with Crippen molar-refractivity contribution in [2.45, 2.75) is 33.4 Å². The molecule has 0 saturated heterocycles. The number of aliphatic carboxylic acids is 1. The van der Waals surface area contributed by atoms with E-state index in [9.17, 15) is 19.1 Å². The Balaban J connectivity index is 1.61. The second-order valence-corrected chi connectivity index (χ2v) is 9.87. The fourth-order valence-electron chi connectivity index (χ4n) is 4.33. The van der Waals surface area contributed by atoms with Crippen molar-refractivity contribution in [1.82, 2.24) is 9.47 Å². The number of fused-ring (bicyclic) bond motifs is 1. The zero-order valence-electron chi connectivity index (χ0n) is 21.0. The van der Waals surface area contributed by atoms with Gasteiger partial charge in [-0.05, 0) is 73.4 Å². The fourth-order valence-corrected chi connectivity index (χ4v) is 4.76. The first kappa shape index (κ1) is 27.5. The van der Waals surface area contributed by atoms with E-state index >= 15 is 0 Å². The third-order valence-corrected chi connectivity index (χ3v) is 7.04. The van der Waals surface area contributed by atoms with E-state index in [4.69, 9.17) is 27.9 Å². The lowest BCUT2D eigenvalue weighted by Crippen LogP contribution is -2.36. The molecule has 38 heavy (non-hydrogen) atoms. The summed E-state index contributed by atoms with van der Waals surface area (Å²) in [7, 11) is 0. The van der Waals surface area contributed by atoms with Crippen molar-refractivity contribution < 1.29 is 23.8 Å². The second-order valence-electron chi connectivity index (χ2n) is 9.06. The van der Waals surface area contributed by atoms with Crippen LogP contribution in [-0.2, 0) is 17.9 Å². The summed E-state index contributed by atoms with van der Waals surface area (Å²) >= 11 is 12.3. The summed E-state index contributed by atoms with van der Waals surface area (Å²) in [4.78, 5) is 26.6. The van der Waals surface area contributed by atoms with E-state index in [1.807, 2.05) is 42.7 Å². The Labute approximate surface area is 230 Å². The summed E-state index contributed by atoms with van der Waals surface area (Å²) < 4.78 is 21.5. The molecule has 0 saturated carbocycles. The van der Waals surface area contributed by atoms with Crippen molar-refractivity contribution in [3.8, 4) is 5.75 Å². The predicted octanol–water partition coefficient (Wildman–Crippen LogP) is 6.90. The summed E-state index contributed by atoms with van der Waals surface area (Å²) in [5.41, 5.74) is 3.78. The molecule has 1 amide bonds. The number of halogens is 3. The molecular formula is C29H27Cl2FN2O4. The van der Waals surface area contributed by atoms with Crippen LogP contribution in [-0.4, -0.2) is 39.6 Å². The third-order valence-electron chi connectivity index (χ3n) is 6.42. The number of hydrogen-bond donors (Lipinski definition) is 1. The van der Waals surface area contributed by atoms with E-state index in [2.05, 4.69) is 0 Å². The maximum atomic E-state index is 13.7. The fraction of sp³-hybridized carbons (Fsp3) is 0.241. The van der Waals surface area contributed by atoms with Gasteiger partial charge < -0.3 is 19.3 Å². The van der Waals surface area contributed by atoms with Gasteiger partial charge in [0.25, 0.3) is 5.91 Å². The Morgan fingerprint density at radius 1 is 1.03 bits per heavy atom. The summed E-state index contributed by atoms with van der Waals surface area (Å²) in [5.74, 6) is -1.44. The van der Waals surface area contributed by atoms with Gasteiger partial charge in [-0.15, -0.1) is 0 Å². The van der Waals surface area contributed by atoms with Crippen LogP contribution in [0, 0.1) is 19.7 Å². The van der Waals surface area contributed by atoms with Gasteiger partial charge >= 0.3 is 5.97 Å². The number of carbonyl (C=O) groups is 2. The van der Waals surface area contributed by atoms with E-state index in [-0.39, 0.29) is 11.6 Å². The Morgan fingerprint density at radius 2 is 1.79 bits per heavy atom. The van der Waals surface area contributed by atoms with Crippen molar-refractivity contribution in [3.63, 3.8) is 0 Å². The molecule has 0 radical (unpaired) electrons. The van der Waals surface area contributed by atoms with Crippen LogP contribution < -0.4 is 4.74 Å². The van der Waals surface area contributed by atoms with Crippen LogP contribution >= 0.6 is 23.2 Å². The monoisotopic (exact) mass is 556 g/mol. The van der Waals surface area contributed by atoms with E-state index in [1.54, 1.807) is 18.2 Å². The van der Waals surface area contributed by atoms with E-state index in [0.29, 0.717) is 41.2 Å². The summed E-state index contributed by atoms with van der Waals surface area (Å²) in [6.07, 6.45) is 0.594. The molecule has 4 aromatic rings. The van der Waals surface area contributed by atoms with E-state index in [1.165, 1.54) is 23.1 Å². The lowest BCUT2D eigenvalue weighted by Gasteiger charge is -2.22. The normalized spacial score (nSPS) is 11.1. The first-order chi connectivity index (χ1) is 18.2. The summed E-state index contributed by atoms with van der Waals surface area (Å²) in [5, 5.41) is 10.6. The molecule has 1 heterocycles. The van der Waals surface area contributed by atoms with Crippen LogP contribution in [0.4, 0.5) is 4.39 Å². The summed E-state index contributed by atoms with van der Waals surface area (Å²) in [6.45, 7) is 4.30. The highest BCUT2D eigenvalue weighted by Gasteiger charge is 2.24. The molecule has 0 aliphatic rings. The zero-order valence-corrected chi connectivity index (χ0v) is 22.5. The maximum absolute atomic E-state index is 13.7. The number of carboxylic acids is 1. The second kappa shape index (κ2) is 11.9. The number of hydrogen-bond acceptors (Lipinski definition) is 3. The Bertz CT molecular complexity index is 1500. The molecule has 0 unspecified atom stereocenters. The SMILES string of the molecule is Cc1cccc(OCCCn2c(C(=O)N(CC(=O)O)Cc3ccc(F)c(Cl)c3)cc3c(Cl)cccc32)c1C. The molecule has 198 valence electrons. The van der Waals surface area contributed by atoms with Crippen LogP contribution in [0.2, 0.25) is 10.0 Å². The molecule has 0 bridgehead atoms. The number of amides is 1. The first-order valence-corrected chi connectivity index (χ1v) is 12.8. The number of aryl methyl sites for hydroxylation is 2. The van der Waals surface area contributed by atoms with Crippen molar-refractivity contribution in [2.75, 3.05) is 13.2 Å². The van der Waals surface area contributed by atoms with Gasteiger partial charge in [-0.2, -0.15) is 0 Å². The molecule has 4 rings (SSSR count). The number of rotatable bonds is 10. The molecule has 0 spiro atoms. The van der Waals surface area contributed by atoms with Gasteiger partial charge in [-0.3, -0.25) is 9.59 Å². The molecule has 0 aliphatic carbocycles. The molecular weight excluding hydrogens is 530 g/mol. The van der Waals surface area contributed by atoms with Gasteiger partial charge in [-0.1, -0.05) is 47.5 Å². The van der Waals surface area contributed by atoms with Gasteiger partial charge in [0.05, 0.1) is 17.1 Å². The number of carboxylic acid groups (broad SMARTS) is 1. The van der Waals surface area contributed by atoms with Crippen LogP contribution in [0.3, 0.4) is 0 Å². The minimum atomic E-state index is -1.17. The molecule has 1 aromatic heterocycles. The minimum absolute atomic E-state index is 0.0594. The minimum Gasteiger partial charge on any atom is -0.493 e. The average Bonchev–Trinajstić information content (AvgIpc) is 3.25. The highest BCUT2D eigenvalue weighted by molar-refractivity contribution is 6.35. The third kappa shape index (κ3) is 6.11. The first-order valence-electron chi connectivity index (χ1n) is 12.1. The number of ether oxygens (including phenoxy) is 1. The molecule has 0 aliphatic heterocycles. The number of nitrogens with zero attached hydrogens (tertiary/aromatic N) is 2.